The van der Waals surface area contributed by atoms with E-state index in [4.69, 9.17) is 4.74 Å². The molecule has 94 valence electrons. The summed E-state index contributed by atoms with van der Waals surface area (Å²) < 4.78 is 18.4. The molecule has 4 nitrogen and oxygen atoms in total. The van der Waals surface area contributed by atoms with E-state index in [0.717, 1.165) is 0 Å². The standard InChI is InChI=1S/C13H13FN2O2/c1-7-8(2)16-13(17)12(15-7)9-4-5-11(18-3)10(14)6-9/h4-6H,1-3H3,(H,16,17). The van der Waals surface area contributed by atoms with E-state index in [-0.39, 0.29) is 17.0 Å². The minimum absolute atomic E-state index is 0.138. The van der Waals surface area contributed by atoms with E-state index in [0.29, 0.717) is 17.0 Å². The maximum Gasteiger partial charge on any atom is 0.274 e. The van der Waals surface area contributed by atoms with Gasteiger partial charge in [0, 0.05) is 11.3 Å². The van der Waals surface area contributed by atoms with Crippen LogP contribution in [0.5, 0.6) is 5.75 Å². The molecule has 2 aromatic rings. The molecule has 0 saturated carbocycles. The maximum absolute atomic E-state index is 13.6. The zero-order valence-electron chi connectivity index (χ0n) is 10.4. The highest BCUT2D eigenvalue weighted by atomic mass is 19.1. The summed E-state index contributed by atoms with van der Waals surface area (Å²) in [5.74, 6) is -0.381. The second kappa shape index (κ2) is 4.60. The molecule has 2 rings (SSSR count). The lowest BCUT2D eigenvalue weighted by atomic mass is 10.1. The number of methoxy groups -OCH3 is 1. The molecule has 0 saturated heterocycles. The molecule has 0 aliphatic rings. The molecule has 18 heavy (non-hydrogen) atoms. The normalized spacial score (nSPS) is 10.4. The van der Waals surface area contributed by atoms with Gasteiger partial charge in [0.2, 0.25) is 0 Å². The molecule has 1 aromatic heterocycles. The first kappa shape index (κ1) is 12.3. The predicted molar refractivity (Wildman–Crippen MR) is 66.3 cm³/mol. The van der Waals surface area contributed by atoms with Crippen molar-refractivity contribution >= 4 is 0 Å². The van der Waals surface area contributed by atoms with Gasteiger partial charge in [0.1, 0.15) is 5.69 Å². The highest BCUT2D eigenvalue weighted by Crippen LogP contribution is 2.22. The van der Waals surface area contributed by atoms with Crippen LogP contribution in [0.1, 0.15) is 11.4 Å². The fourth-order valence-corrected chi connectivity index (χ4v) is 1.63. The number of benzene rings is 1. The summed E-state index contributed by atoms with van der Waals surface area (Å²) in [4.78, 5) is 18.7. The molecule has 0 spiro atoms. The smallest absolute Gasteiger partial charge is 0.274 e. The van der Waals surface area contributed by atoms with E-state index in [2.05, 4.69) is 9.97 Å². The molecule has 0 aliphatic heterocycles. The van der Waals surface area contributed by atoms with Crippen LogP contribution in [0.25, 0.3) is 11.3 Å². The van der Waals surface area contributed by atoms with Crippen molar-refractivity contribution in [3.63, 3.8) is 0 Å². The molecule has 0 unspecified atom stereocenters. The van der Waals surface area contributed by atoms with E-state index in [1.807, 2.05) is 0 Å². The van der Waals surface area contributed by atoms with Gasteiger partial charge in [-0.3, -0.25) is 4.79 Å². The van der Waals surface area contributed by atoms with Crippen LogP contribution in [-0.2, 0) is 0 Å². The van der Waals surface area contributed by atoms with Crippen molar-refractivity contribution in [3.8, 4) is 17.0 Å². The SMILES string of the molecule is COc1ccc(-c2nc(C)c(C)[nH]c2=O)cc1F. The Morgan fingerprint density at radius 2 is 2.06 bits per heavy atom. The van der Waals surface area contributed by atoms with Crippen molar-refractivity contribution < 1.29 is 9.13 Å². The van der Waals surface area contributed by atoms with E-state index < -0.39 is 5.82 Å². The molecule has 0 fully saturated rings. The lowest BCUT2D eigenvalue weighted by Gasteiger charge is -2.06. The molecule has 0 aliphatic carbocycles. The maximum atomic E-state index is 13.6. The van der Waals surface area contributed by atoms with E-state index >= 15 is 0 Å². The summed E-state index contributed by atoms with van der Waals surface area (Å²) in [6, 6.07) is 4.32. The Kier molecular flexibility index (Phi) is 3.14. The average Bonchev–Trinajstić information content (AvgIpc) is 2.33. The highest BCUT2D eigenvalue weighted by molar-refractivity contribution is 5.59. The Hall–Kier alpha value is -2.17. The first-order chi connectivity index (χ1) is 8.52. The summed E-state index contributed by atoms with van der Waals surface area (Å²) in [6.07, 6.45) is 0. The quantitative estimate of drug-likeness (QED) is 0.886. The van der Waals surface area contributed by atoms with Crippen molar-refractivity contribution in [3.05, 3.63) is 45.8 Å². The van der Waals surface area contributed by atoms with Gasteiger partial charge in [0.15, 0.2) is 11.6 Å². The third-order valence-corrected chi connectivity index (χ3v) is 2.76. The Morgan fingerprint density at radius 1 is 1.33 bits per heavy atom. The van der Waals surface area contributed by atoms with Crippen LogP contribution >= 0.6 is 0 Å². The molecular formula is C13H13FN2O2. The molecule has 1 heterocycles. The fourth-order valence-electron chi connectivity index (χ4n) is 1.63. The van der Waals surface area contributed by atoms with Crippen molar-refractivity contribution in [1.29, 1.82) is 0 Å². The number of ether oxygens (including phenoxy) is 1. The molecule has 0 atom stereocenters. The number of hydrogen-bond acceptors (Lipinski definition) is 3. The molecular weight excluding hydrogens is 235 g/mol. The van der Waals surface area contributed by atoms with Crippen LogP contribution < -0.4 is 10.3 Å². The van der Waals surface area contributed by atoms with Crippen molar-refractivity contribution in [2.45, 2.75) is 13.8 Å². The van der Waals surface area contributed by atoms with Crippen LogP contribution in [-0.4, -0.2) is 17.1 Å². The largest absolute Gasteiger partial charge is 0.494 e. The number of aromatic amines is 1. The van der Waals surface area contributed by atoms with Gasteiger partial charge >= 0.3 is 0 Å². The van der Waals surface area contributed by atoms with E-state index in [1.54, 1.807) is 19.9 Å². The topological polar surface area (TPSA) is 55.0 Å². The Balaban J connectivity index is 2.59. The second-order valence-electron chi connectivity index (χ2n) is 3.97. The second-order valence-corrected chi connectivity index (χ2v) is 3.97. The highest BCUT2D eigenvalue weighted by Gasteiger charge is 2.10. The first-order valence-electron chi connectivity index (χ1n) is 5.44. The third kappa shape index (κ3) is 2.11. The number of nitrogens with zero attached hydrogens (tertiary/aromatic N) is 1. The minimum Gasteiger partial charge on any atom is -0.494 e. The number of halogens is 1. The van der Waals surface area contributed by atoms with Crippen LogP contribution in [0, 0.1) is 19.7 Å². The molecule has 1 aromatic carbocycles. The number of rotatable bonds is 2. The number of H-pyrrole nitrogens is 1. The van der Waals surface area contributed by atoms with Gasteiger partial charge in [0.05, 0.1) is 12.8 Å². The number of nitrogens with one attached hydrogen (secondary N) is 1. The van der Waals surface area contributed by atoms with Crippen LogP contribution in [0.3, 0.4) is 0 Å². The van der Waals surface area contributed by atoms with Crippen molar-refractivity contribution in [2.75, 3.05) is 7.11 Å². The van der Waals surface area contributed by atoms with E-state index in [1.165, 1.54) is 19.2 Å². The number of aromatic nitrogens is 2. The monoisotopic (exact) mass is 248 g/mol. The zero-order chi connectivity index (χ0) is 13.3. The molecule has 1 N–H and O–H groups in total. The zero-order valence-corrected chi connectivity index (χ0v) is 10.4. The average molecular weight is 248 g/mol. The van der Waals surface area contributed by atoms with Gasteiger partial charge in [-0.15, -0.1) is 0 Å². The van der Waals surface area contributed by atoms with Gasteiger partial charge in [-0.25, -0.2) is 9.37 Å². The number of hydrogen-bond donors (Lipinski definition) is 1. The lowest BCUT2D eigenvalue weighted by molar-refractivity contribution is 0.386. The Morgan fingerprint density at radius 3 is 2.67 bits per heavy atom. The summed E-state index contributed by atoms with van der Waals surface area (Å²) >= 11 is 0. The van der Waals surface area contributed by atoms with Gasteiger partial charge in [-0.05, 0) is 32.0 Å². The summed E-state index contributed by atoms with van der Waals surface area (Å²) in [6.45, 7) is 3.55. The molecule has 0 amide bonds. The third-order valence-electron chi connectivity index (χ3n) is 2.76. The summed E-state index contributed by atoms with van der Waals surface area (Å²) in [5, 5.41) is 0. The summed E-state index contributed by atoms with van der Waals surface area (Å²) in [7, 11) is 1.39. The van der Waals surface area contributed by atoms with Gasteiger partial charge in [-0.2, -0.15) is 0 Å². The van der Waals surface area contributed by atoms with E-state index in [9.17, 15) is 9.18 Å². The Bertz CT molecular complexity index is 650. The predicted octanol–water partition coefficient (Wildman–Crippen LogP) is 2.20. The van der Waals surface area contributed by atoms with Crippen LogP contribution in [0.2, 0.25) is 0 Å². The Labute approximate surface area is 103 Å². The van der Waals surface area contributed by atoms with Gasteiger partial charge in [0.25, 0.3) is 5.56 Å². The fraction of sp³-hybridized carbons (Fsp3) is 0.231. The van der Waals surface area contributed by atoms with Gasteiger partial charge in [-0.1, -0.05) is 0 Å². The number of aryl methyl sites for hydroxylation is 2. The molecule has 0 radical (unpaired) electrons. The summed E-state index contributed by atoms with van der Waals surface area (Å²) in [5.41, 5.74) is 1.72. The van der Waals surface area contributed by atoms with Crippen molar-refractivity contribution in [2.24, 2.45) is 0 Å². The van der Waals surface area contributed by atoms with Crippen molar-refractivity contribution in [1.82, 2.24) is 9.97 Å². The molecule has 5 heteroatoms. The molecule has 0 bridgehead atoms. The van der Waals surface area contributed by atoms with Crippen LogP contribution in [0.15, 0.2) is 23.0 Å². The lowest BCUT2D eigenvalue weighted by Crippen LogP contribution is -2.14. The van der Waals surface area contributed by atoms with Gasteiger partial charge < -0.3 is 9.72 Å². The minimum atomic E-state index is -0.519. The van der Waals surface area contributed by atoms with Crippen LogP contribution in [0.4, 0.5) is 4.39 Å². The first-order valence-corrected chi connectivity index (χ1v) is 5.44.